The minimum absolute atomic E-state index is 0.162. The molecule has 4 aromatic rings. The molecule has 0 saturated carbocycles. The smallest absolute Gasteiger partial charge is 0.253 e. The molecule has 4 rings (SSSR count). The van der Waals surface area contributed by atoms with Crippen LogP contribution in [-0.4, -0.2) is 24.7 Å². The molecule has 0 fully saturated rings. The van der Waals surface area contributed by atoms with E-state index in [0.29, 0.717) is 29.4 Å². The van der Waals surface area contributed by atoms with Gasteiger partial charge in [0.15, 0.2) is 11.5 Å². The van der Waals surface area contributed by atoms with E-state index in [-0.39, 0.29) is 5.91 Å². The van der Waals surface area contributed by atoms with Gasteiger partial charge in [0.1, 0.15) is 5.76 Å². The van der Waals surface area contributed by atoms with E-state index in [1.165, 1.54) is 0 Å². The van der Waals surface area contributed by atoms with Gasteiger partial charge in [0, 0.05) is 17.4 Å². The van der Waals surface area contributed by atoms with Crippen molar-refractivity contribution < 1.29 is 18.7 Å². The van der Waals surface area contributed by atoms with Crippen LogP contribution in [-0.2, 0) is 6.54 Å². The summed E-state index contributed by atoms with van der Waals surface area (Å²) in [4.78, 5) is 13.0. The molecule has 0 spiro atoms. The number of hydrogen-bond donors (Lipinski definition) is 1. The van der Waals surface area contributed by atoms with Crippen LogP contribution in [0.2, 0.25) is 0 Å². The third kappa shape index (κ3) is 4.05. The molecule has 2 aromatic carbocycles. The van der Waals surface area contributed by atoms with E-state index in [9.17, 15) is 4.79 Å². The summed E-state index contributed by atoms with van der Waals surface area (Å²) in [6, 6.07) is 21.2. The fourth-order valence-corrected chi connectivity index (χ4v) is 3.63. The monoisotopic (exact) mass is 416 g/mol. The van der Waals surface area contributed by atoms with Gasteiger partial charge in [-0.2, -0.15) is 0 Å². The van der Waals surface area contributed by atoms with E-state index >= 15 is 0 Å². The fraction of sp³-hybridized carbons (Fsp3) is 0.160. The second kappa shape index (κ2) is 8.83. The van der Waals surface area contributed by atoms with Gasteiger partial charge in [-0.1, -0.05) is 30.3 Å². The Morgan fingerprint density at radius 2 is 1.74 bits per heavy atom. The summed E-state index contributed by atoms with van der Waals surface area (Å²) in [5.74, 6) is 1.81. The number of aromatic nitrogens is 1. The third-order valence-corrected chi connectivity index (χ3v) is 5.19. The minimum atomic E-state index is -0.162. The highest BCUT2D eigenvalue weighted by atomic mass is 16.5. The zero-order valence-electron chi connectivity index (χ0n) is 17.7. The number of furan rings is 1. The van der Waals surface area contributed by atoms with Crippen molar-refractivity contribution >= 4 is 5.91 Å². The van der Waals surface area contributed by atoms with Crippen LogP contribution >= 0.6 is 0 Å². The highest BCUT2D eigenvalue weighted by Crippen LogP contribution is 2.34. The maximum atomic E-state index is 13.0. The summed E-state index contributed by atoms with van der Waals surface area (Å²) in [6.45, 7) is 2.26. The topological polar surface area (TPSA) is 65.6 Å². The van der Waals surface area contributed by atoms with Crippen molar-refractivity contribution in [2.24, 2.45) is 0 Å². The van der Waals surface area contributed by atoms with Crippen molar-refractivity contribution in [2.45, 2.75) is 13.5 Å². The Balaban J connectivity index is 1.79. The van der Waals surface area contributed by atoms with Crippen molar-refractivity contribution in [3.8, 4) is 28.4 Å². The first-order valence-corrected chi connectivity index (χ1v) is 9.93. The van der Waals surface area contributed by atoms with E-state index in [4.69, 9.17) is 13.9 Å². The molecule has 0 saturated heterocycles. The maximum Gasteiger partial charge on any atom is 0.253 e. The van der Waals surface area contributed by atoms with E-state index in [2.05, 4.69) is 9.88 Å². The maximum absolute atomic E-state index is 13.0. The molecule has 0 unspecified atom stereocenters. The first kappa shape index (κ1) is 20.3. The number of hydrogen-bond acceptors (Lipinski definition) is 4. The quantitative estimate of drug-likeness (QED) is 0.461. The Labute approximate surface area is 181 Å². The normalized spacial score (nSPS) is 10.7. The highest BCUT2D eigenvalue weighted by molar-refractivity contribution is 5.97. The second-order valence-corrected chi connectivity index (χ2v) is 7.03. The molecule has 6 heteroatoms. The van der Waals surface area contributed by atoms with Gasteiger partial charge in [-0.05, 0) is 42.8 Å². The minimum Gasteiger partial charge on any atom is -0.493 e. The van der Waals surface area contributed by atoms with Gasteiger partial charge in [0.25, 0.3) is 5.91 Å². The highest BCUT2D eigenvalue weighted by Gasteiger charge is 2.20. The largest absolute Gasteiger partial charge is 0.493 e. The van der Waals surface area contributed by atoms with Crippen molar-refractivity contribution in [1.29, 1.82) is 0 Å². The number of amides is 1. The molecule has 0 bridgehead atoms. The van der Waals surface area contributed by atoms with Crippen LogP contribution in [0.25, 0.3) is 16.9 Å². The number of nitrogens with zero attached hydrogens (tertiary/aromatic N) is 1. The number of methoxy groups -OCH3 is 2. The average molecular weight is 416 g/mol. The predicted molar refractivity (Wildman–Crippen MR) is 119 cm³/mol. The van der Waals surface area contributed by atoms with Gasteiger partial charge < -0.3 is 23.8 Å². The van der Waals surface area contributed by atoms with E-state index in [0.717, 1.165) is 22.6 Å². The van der Waals surface area contributed by atoms with Gasteiger partial charge >= 0.3 is 0 Å². The van der Waals surface area contributed by atoms with E-state index in [1.54, 1.807) is 26.5 Å². The van der Waals surface area contributed by atoms with Gasteiger partial charge in [-0.15, -0.1) is 0 Å². The first-order chi connectivity index (χ1) is 15.1. The number of rotatable bonds is 7. The van der Waals surface area contributed by atoms with Crippen molar-refractivity contribution in [1.82, 2.24) is 9.88 Å². The lowest BCUT2D eigenvalue weighted by atomic mass is 10.1. The second-order valence-electron chi connectivity index (χ2n) is 7.03. The van der Waals surface area contributed by atoms with Crippen LogP contribution in [0.3, 0.4) is 0 Å². The summed E-state index contributed by atoms with van der Waals surface area (Å²) in [5.41, 5.74) is 4.21. The molecule has 158 valence electrons. The van der Waals surface area contributed by atoms with Crippen LogP contribution in [0.5, 0.6) is 11.5 Å². The Morgan fingerprint density at radius 3 is 2.42 bits per heavy atom. The van der Waals surface area contributed by atoms with Gasteiger partial charge in [0.05, 0.1) is 38.3 Å². The number of carbonyl (C=O) groups is 1. The summed E-state index contributed by atoms with van der Waals surface area (Å²) in [5, 5.41) is 2.94. The van der Waals surface area contributed by atoms with Crippen LogP contribution in [0.15, 0.2) is 77.4 Å². The molecule has 0 aliphatic heterocycles. The zero-order valence-corrected chi connectivity index (χ0v) is 17.7. The van der Waals surface area contributed by atoms with Crippen molar-refractivity contribution in [3.05, 3.63) is 90.0 Å². The SMILES string of the molecule is COc1ccc(-n2c(-c3ccccc3)cc(C(=O)NCc3ccco3)c2C)cc1OC. The van der Waals surface area contributed by atoms with Gasteiger partial charge in [-0.25, -0.2) is 0 Å². The molecule has 0 aliphatic rings. The number of ether oxygens (including phenoxy) is 2. The first-order valence-electron chi connectivity index (χ1n) is 9.93. The zero-order chi connectivity index (χ0) is 21.8. The molecule has 0 radical (unpaired) electrons. The standard InChI is InChI=1S/C25H24N2O4/c1-17-21(25(28)26-16-20-10-7-13-31-20)15-22(18-8-5-4-6-9-18)27(17)19-11-12-23(29-2)24(14-19)30-3/h4-15H,16H2,1-3H3,(H,26,28). The molecule has 0 atom stereocenters. The number of nitrogens with one attached hydrogen (secondary N) is 1. The molecule has 31 heavy (non-hydrogen) atoms. The van der Waals surface area contributed by atoms with Gasteiger partial charge in [-0.3, -0.25) is 4.79 Å². The Morgan fingerprint density at radius 1 is 0.968 bits per heavy atom. The van der Waals surface area contributed by atoms with Crippen molar-refractivity contribution in [2.75, 3.05) is 14.2 Å². The summed E-state index contributed by atoms with van der Waals surface area (Å²) < 4.78 is 18.2. The van der Waals surface area contributed by atoms with Crippen LogP contribution in [0.4, 0.5) is 0 Å². The molecule has 2 aromatic heterocycles. The molecule has 6 nitrogen and oxygen atoms in total. The lowest BCUT2D eigenvalue weighted by molar-refractivity contribution is 0.0947. The Kier molecular flexibility index (Phi) is 5.80. The lowest BCUT2D eigenvalue weighted by Crippen LogP contribution is -2.23. The van der Waals surface area contributed by atoms with E-state index in [1.807, 2.05) is 67.6 Å². The van der Waals surface area contributed by atoms with Crippen molar-refractivity contribution in [3.63, 3.8) is 0 Å². The molecule has 0 aliphatic carbocycles. The van der Waals surface area contributed by atoms with E-state index < -0.39 is 0 Å². The molecule has 1 amide bonds. The van der Waals surface area contributed by atoms with Crippen LogP contribution in [0.1, 0.15) is 21.8 Å². The summed E-state index contributed by atoms with van der Waals surface area (Å²) in [7, 11) is 3.21. The fourth-order valence-electron chi connectivity index (χ4n) is 3.63. The van der Waals surface area contributed by atoms with Crippen LogP contribution < -0.4 is 14.8 Å². The Bertz CT molecular complexity index is 1180. The third-order valence-electron chi connectivity index (χ3n) is 5.19. The summed E-state index contributed by atoms with van der Waals surface area (Å²) >= 11 is 0. The predicted octanol–water partition coefficient (Wildman–Crippen LogP) is 4.99. The van der Waals surface area contributed by atoms with Gasteiger partial charge in [0.2, 0.25) is 0 Å². The Hall–Kier alpha value is -3.93. The number of carbonyl (C=O) groups excluding carboxylic acids is 1. The molecule has 1 N–H and O–H groups in total. The average Bonchev–Trinajstić information content (AvgIpc) is 3.45. The molecular weight excluding hydrogens is 392 g/mol. The molecule has 2 heterocycles. The lowest BCUT2D eigenvalue weighted by Gasteiger charge is -2.15. The van der Waals surface area contributed by atoms with Crippen LogP contribution in [0, 0.1) is 6.92 Å². The molecular formula is C25H24N2O4. The number of benzene rings is 2. The summed E-state index contributed by atoms with van der Waals surface area (Å²) in [6.07, 6.45) is 1.59.